The topological polar surface area (TPSA) is 39.9 Å². The van der Waals surface area contributed by atoms with E-state index in [2.05, 4.69) is 21.5 Å². The molecule has 0 bridgehead atoms. The molecule has 1 fully saturated rings. The minimum Gasteiger partial charge on any atom is -0.381 e. The van der Waals surface area contributed by atoms with Crippen LogP contribution < -0.4 is 0 Å². The number of nitrogens with zero attached hydrogens (tertiary/aromatic N) is 3. The molecule has 5 heteroatoms. The summed E-state index contributed by atoms with van der Waals surface area (Å²) in [6, 6.07) is 2.42. The Morgan fingerprint density at radius 2 is 2.47 bits per heavy atom. The lowest BCUT2D eigenvalue weighted by Gasteiger charge is -2.22. The van der Waals surface area contributed by atoms with Gasteiger partial charge >= 0.3 is 0 Å². The third-order valence-corrected chi connectivity index (χ3v) is 4.13. The summed E-state index contributed by atoms with van der Waals surface area (Å²) in [6.45, 7) is 3.96. The fraction of sp³-hybridized carbons (Fsp3) is 0.571. The van der Waals surface area contributed by atoms with Crippen LogP contribution in [0.15, 0.2) is 18.5 Å². The van der Waals surface area contributed by atoms with Gasteiger partial charge in [0.2, 0.25) is 0 Å². The van der Waals surface area contributed by atoms with E-state index >= 15 is 0 Å². The number of halogens is 1. The Balaban J connectivity index is 2.05. The first kappa shape index (κ1) is 12.9. The van der Waals surface area contributed by atoms with Gasteiger partial charge in [0.25, 0.3) is 0 Å². The number of ether oxygens (including phenoxy) is 1. The Bertz CT molecular complexity index is 563. The van der Waals surface area contributed by atoms with E-state index in [1.807, 2.05) is 18.5 Å². The van der Waals surface area contributed by atoms with Crippen molar-refractivity contribution in [1.29, 1.82) is 0 Å². The molecule has 19 heavy (non-hydrogen) atoms. The Kier molecular flexibility index (Phi) is 3.71. The highest BCUT2D eigenvalue weighted by Crippen LogP contribution is 2.30. The standard InChI is InChI=1S/C14H18ClN3O/c1-10(11-4-7-19-9-11)18-13-3-6-16-8-12(13)17-14(18)2-5-15/h3,6,8,10-11H,2,4-5,7,9H2,1H3. The fourth-order valence-corrected chi connectivity index (χ4v) is 3.03. The summed E-state index contributed by atoms with van der Waals surface area (Å²) in [6.07, 6.45) is 5.55. The molecule has 3 heterocycles. The summed E-state index contributed by atoms with van der Waals surface area (Å²) in [5.74, 6) is 2.20. The van der Waals surface area contributed by atoms with E-state index in [0.717, 1.165) is 42.9 Å². The predicted octanol–water partition coefficient (Wildman–Crippen LogP) is 2.81. The summed E-state index contributed by atoms with van der Waals surface area (Å²) < 4.78 is 7.83. The molecule has 0 saturated carbocycles. The van der Waals surface area contributed by atoms with Crippen LogP contribution >= 0.6 is 11.6 Å². The van der Waals surface area contributed by atoms with Gasteiger partial charge in [-0.25, -0.2) is 4.98 Å². The summed E-state index contributed by atoms with van der Waals surface area (Å²) in [5, 5.41) is 0. The molecule has 1 aliphatic rings. The second kappa shape index (κ2) is 5.47. The highest BCUT2D eigenvalue weighted by atomic mass is 35.5. The van der Waals surface area contributed by atoms with E-state index in [1.54, 1.807) is 0 Å². The molecule has 3 rings (SSSR count). The molecule has 0 aliphatic carbocycles. The highest BCUT2D eigenvalue weighted by molar-refractivity contribution is 6.17. The Hall–Kier alpha value is -1.13. The summed E-state index contributed by atoms with van der Waals surface area (Å²) in [4.78, 5) is 8.82. The molecule has 0 amide bonds. The van der Waals surface area contributed by atoms with Crippen molar-refractivity contribution in [2.24, 2.45) is 5.92 Å². The lowest BCUT2D eigenvalue weighted by atomic mass is 10.00. The van der Waals surface area contributed by atoms with Crippen molar-refractivity contribution in [2.45, 2.75) is 25.8 Å². The maximum absolute atomic E-state index is 5.91. The van der Waals surface area contributed by atoms with Crippen LogP contribution in [0.1, 0.15) is 25.2 Å². The summed E-state index contributed by atoms with van der Waals surface area (Å²) in [7, 11) is 0. The van der Waals surface area contributed by atoms with E-state index < -0.39 is 0 Å². The van der Waals surface area contributed by atoms with E-state index in [9.17, 15) is 0 Å². The van der Waals surface area contributed by atoms with Crippen LogP contribution in [-0.4, -0.2) is 33.6 Å². The van der Waals surface area contributed by atoms with Gasteiger partial charge in [0.05, 0.1) is 18.3 Å². The third kappa shape index (κ3) is 2.35. The van der Waals surface area contributed by atoms with E-state index in [4.69, 9.17) is 16.3 Å². The molecule has 1 aliphatic heterocycles. The molecule has 0 aromatic carbocycles. The maximum atomic E-state index is 5.91. The van der Waals surface area contributed by atoms with Crippen molar-refractivity contribution in [3.05, 3.63) is 24.3 Å². The minimum atomic E-state index is 0.383. The zero-order valence-corrected chi connectivity index (χ0v) is 11.8. The normalized spacial score (nSPS) is 21.1. The summed E-state index contributed by atoms with van der Waals surface area (Å²) >= 11 is 5.91. The van der Waals surface area contributed by atoms with Crippen LogP contribution in [0, 0.1) is 5.92 Å². The highest BCUT2D eigenvalue weighted by Gasteiger charge is 2.26. The molecular weight excluding hydrogens is 262 g/mol. The van der Waals surface area contributed by atoms with Crippen LogP contribution in [0.2, 0.25) is 0 Å². The van der Waals surface area contributed by atoms with Crippen molar-refractivity contribution in [3.63, 3.8) is 0 Å². The number of aryl methyl sites for hydroxylation is 1. The molecule has 2 unspecified atom stereocenters. The number of pyridine rings is 1. The second-order valence-corrected chi connectivity index (χ2v) is 5.44. The van der Waals surface area contributed by atoms with Gasteiger partial charge in [-0.05, 0) is 19.4 Å². The van der Waals surface area contributed by atoms with Gasteiger partial charge in [0, 0.05) is 37.1 Å². The van der Waals surface area contributed by atoms with Crippen molar-refractivity contribution in [1.82, 2.24) is 14.5 Å². The first-order chi connectivity index (χ1) is 9.31. The average molecular weight is 280 g/mol. The largest absolute Gasteiger partial charge is 0.381 e. The molecule has 0 spiro atoms. The number of hydrogen-bond donors (Lipinski definition) is 0. The number of imidazole rings is 1. The Morgan fingerprint density at radius 1 is 1.58 bits per heavy atom. The number of rotatable bonds is 4. The lowest BCUT2D eigenvalue weighted by Crippen LogP contribution is -2.19. The van der Waals surface area contributed by atoms with Gasteiger partial charge in [-0.15, -0.1) is 11.6 Å². The average Bonchev–Trinajstić information content (AvgIpc) is 3.06. The number of fused-ring (bicyclic) bond motifs is 1. The minimum absolute atomic E-state index is 0.383. The molecule has 2 atom stereocenters. The van der Waals surface area contributed by atoms with Gasteiger partial charge in [-0.2, -0.15) is 0 Å². The molecular formula is C14H18ClN3O. The van der Waals surface area contributed by atoms with Gasteiger partial charge in [0.15, 0.2) is 0 Å². The van der Waals surface area contributed by atoms with Gasteiger partial charge in [-0.1, -0.05) is 0 Å². The SMILES string of the molecule is CC(C1CCOC1)n1c(CCCl)nc2cnccc21. The first-order valence-electron chi connectivity index (χ1n) is 6.76. The maximum Gasteiger partial charge on any atom is 0.111 e. The Labute approximate surface area is 117 Å². The number of alkyl halides is 1. The van der Waals surface area contributed by atoms with E-state index in [0.29, 0.717) is 17.8 Å². The van der Waals surface area contributed by atoms with Crippen molar-refractivity contribution >= 4 is 22.6 Å². The quantitative estimate of drug-likeness (QED) is 0.808. The number of hydrogen-bond acceptors (Lipinski definition) is 3. The fourth-order valence-electron chi connectivity index (χ4n) is 2.86. The molecule has 1 saturated heterocycles. The van der Waals surface area contributed by atoms with E-state index in [-0.39, 0.29) is 0 Å². The third-order valence-electron chi connectivity index (χ3n) is 3.94. The van der Waals surface area contributed by atoms with Gasteiger partial charge < -0.3 is 9.30 Å². The van der Waals surface area contributed by atoms with Crippen LogP contribution in [0.4, 0.5) is 0 Å². The van der Waals surface area contributed by atoms with E-state index in [1.165, 1.54) is 0 Å². The smallest absolute Gasteiger partial charge is 0.111 e. The molecule has 4 nitrogen and oxygen atoms in total. The van der Waals surface area contributed by atoms with Crippen LogP contribution in [0.3, 0.4) is 0 Å². The molecule has 102 valence electrons. The van der Waals surface area contributed by atoms with Crippen molar-refractivity contribution in [2.75, 3.05) is 19.1 Å². The Morgan fingerprint density at radius 3 is 3.21 bits per heavy atom. The van der Waals surface area contributed by atoms with Crippen LogP contribution in [0.5, 0.6) is 0 Å². The molecule has 0 N–H and O–H groups in total. The molecule has 0 radical (unpaired) electrons. The van der Waals surface area contributed by atoms with Gasteiger partial charge in [-0.3, -0.25) is 4.98 Å². The van der Waals surface area contributed by atoms with Gasteiger partial charge in [0.1, 0.15) is 11.3 Å². The zero-order valence-electron chi connectivity index (χ0n) is 11.1. The predicted molar refractivity (Wildman–Crippen MR) is 75.6 cm³/mol. The first-order valence-corrected chi connectivity index (χ1v) is 7.29. The van der Waals surface area contributed by atoms with Crippen molar-refractivity contribution in [3.8, 4) is 0 Å². The monoisotopic (exact) mass is 279 g/mol. The molecule has 2 aromatic rings. The van der Waals surface area contributed by atoms with Crippen molar-refractivity contribution < 1.29 is 4.74 Å². The molecule has 2 aromatic heterocycles. The lowest BCUT2D eigenvalue weighted by molar-refractivity contribution is 0.175. The second-order valence-electron chi connectivity index (χ2n) is 5.07. The zero-order chi connectivity index (χ0) is 13.2. The van der Waals surface area contributed by atoms with Crippen LogP contribution in [0.25, 0.3) is 11.0 Å². The van der Waals surface area contributed by atoms with Crippen LogP contribution in [-0.2, 0) is 11.2 Å². The summed E-state index contributed by atoms with van der Waals surface area (Å²) in [5.41, 5.74) is 2.10. The number of aromatic nitrogens is 3.